The maximum atomic E-state index is 8.82. The first-order chi connectivity index (χ1) is 7.71. The standard InChI is InChI=1S/C14H19NO/c1-4-12(5-2)10-16-14-8-13(9-15)7-6-11(14)3/h6-8,12H,4-5,10H2,1-3H3. The highest BCUT2D eigenvalue weighted by molar-refractivity contribution is 5.41. The summed E-state index contributed by atoms with van der Waals surface area (Å²) in [5.74, 6) is 1.44. The van der Waals surface area contributed by atoms with E-state index in [0.717, 1.165) is 30.8 Å². The average molecular weight is 217 g/mol. The first kappa shape index (κ1) is 12.6. The molecule has 0 bridgehead atoms. The molecule has 0 radical (unpaired) electrons. The Balaban J connectivity index is 2.69. The minimum atomic E-state index is 0.602. The van der Waals surface area contributed by atoms with Gasteiger partial charge in [-0.05, 0) is 30.5 Å². The van der Waals surface area contributed by atoms with Crippen molar-refractivity contribution in [2.75, 3.05) is 6.61 Å². The molecule has 0 atom stereocenters. The number of nitrogens with zero attached hydrogens (tertiary/aromatic N) is 1. The van der Waals surface area contributed by atoms with Crippen molar-refractivity contribution < 1.29 is 4.74 Å². The molecule has 0 N–H and O–H groups in total. The topological polar surface area (TPSA) is 33.0 Å². The van der Waals surface area contributed by atoms with E-state index in [1.807, 2.05) is 25.1 Å². The number of hydrogen-bond acceptors (Lipinski definition) is 2. The highest BCUT2D eigenvalue weighted by Crippen LogP contribution is 2.20. The Bertz CT molecular complexity index is 375. The van der Waals surface area contributed by atoms with Gasteiger partial charge < -0.3 is 4.74 Å². The molecule has 0 unspecified atom stereocenters. The molecule has 1 rings (SSSR count). The third-order valence-electron chi connectivity index (χ3n) is 2.95. The first-order valence-electron chi connectivity index (χ1n) is 5.84. The van der Waals surface area contributed by atoms with E-state index in [1.165, 1.54) is 0 Å². The van der Waals surface area contributed by atoms with E-state index in [1.54, 1.807) is 0 Å². The van der Waals surface area contributed by atoms with Crippen molar-refractivity contribution in [3.05, 3.63) is 29.3 Å². The SMILES string of the molecule is CCC(CC)COc1cc(C#N)ccc1C. The molecule has 0 aliphatic carbocycles. The lowest BCUT2D eigenvalue weighted by molar-refractivity contribution is 0.239. The van der Waals surface area contributed by atoms with Crippen molar-refractivity contribution >= 4 is 0 Å². The molecule has 1 aromatic rings. The summed E-state index contributed by atoms with van der Waals surface area (Å²) in [6.45, 7) is 7.10. The largest absolute Gasteiger partial charge is 0.493 e. The second-order valence-corrected chi connectivity index (χ2v) is 4.09. The maximum absolute atomic E-state index is 8.82. The van der Waals surface area contributed by atoms with E-state index in [-0.39, 0.29) is 0 Å². The van der Waals surface area contributed by atoms with Crippen LogP contribution in [0.15, 0.2) is 18.2 Å². The lowest BCUT2D eigenvalue weighted by atomic mass is 10.1. The number of nitriles is 1. The summed E-state index contributed by atoms with van der Waals surface area (Å²) in [6, 6.07) is 7.70. The first-order valence-corrected chi connectivity index (χ1v) is 5.84. The highest BCUT2D eigenvalue weighted by Gasteiger charge is 2.06. The molecule has 0 aromatic heterocycles. The number of benzene rings is 1. The zero-order valence-corrected chi connectivity index (χ0v) is 10.3. The molecule has 0 saturated heterocycles. The molecule has 0 aliphatic heterocycles. The average Bonchev–Trinajstić information content (AvgIpc) is 2.32. The lowest BCUT2D eigenvalue weighted by Gasteiger charge is -2.15. The van der Waals surface area contributed by atoms with Crippen LogP contribution in [-0.4, -0.2) is 6.61 Å². The number of hydrogen-bond donors (Lipinski definition) is 0. The van der Waals surface area contributed by atoms with Gasteiger partial charge in [-0.1, -0.05) is 32.8 Å². The quantitative estimate of drug-likeness (QED) is 0.753. The van der Waals surface area contributed by atoms with Crippen molar-refractivity contribution in [1.29, 1.82) is 5.26 Å². The van der Waals surface area contributed by atoms with E-state index in [4.69, 9.17) is 10.00 Å². The molecule has 0 saturated carbocycles. The number of ether oxygens (including phenoxy) is 1. The molecule has 0 heterocycles. The van der Waals surface area contributed by atoms with Crippen molar-refractivity contribution in [2.24, 2.45) is 5.92 Å². The van der Waals surface area contributed by atoms with Gasteiger partial charge in [-0.25, -0.2) is 0 Å². The summed E-state index contributed by atoms with van der Waals surface area (Å²) in [5.41, 5.74) is 1.75. The third-order valence-corrected chi connectivity index (χ3v) is 2.95. The number of aryl methyl sites for hydroxylation is 1. The molecule has 0 amide bonds. The fourth-order valence-corrected chi connectivity index (χ4v) is 1.56. The van der Waals surface area contributed by atoms with E-state index in [0.29, 0.717) is 11.5 Å². The van der Waals surface area contributed by atoms with E-state index >= 15 is 0 Å². The highest BCUT2D eigenvalue weighted by atomic mass is 16.5. The minimum Gasteiger partial charge on any atom is -0.493 e. The van der Waals surface area contributed by atoms with Gasteiger partial charge in [0.05, 0.1) is 18.2 Å². The van der Waals surface area contributed by atoms with Gasteiger partial charge in [0.25, 0.3) is 0 Å². The summed E-state index contributed by atoms with van der Waals surface area (Å²) >= 11 is 0. The van der Waals surface area contributed by atoms with Gasteiger partial charge in [-0.3, -0.25) is 0 Å². The second-order valence-electron chi connectivity index (χ2n) is 4.09. The van der Waals surface area contributed by atoms with Gasteiger partial charge in [0, 0.05) is 0 Å². The van der Waals surface area contributed by atoms with Gasteiger partial charge >= 0.3 is 0 Å². The number of rotatable bonds is 5. The van der Waals surface area contributed by atoms with Gasteiger partial charge in [-0.15, -0.1) is 0 Å². The van der Waals surface area contributed by atoms with E-state index < -0.39 is 0 Å². The summed E-state index contributed by atoms with van der Waals surface area (Å²) in [6.07, 6.45) is 2.26. The zero-order valence-electron chi connectivity index (χ0n) is 10.3. The van der Waals surface area contributed by atoms with Gasteiger partial charge in [-0.2, -0.15) is 5.26 Å². The van der Waals surface area contributed by atoms with Crippen LogP contribution in [0.25, 0.3) is 0 Å². The molecule has 2 heteroatoms. The molecular weight excluding hydrogens is 198 g/mol. The Morgan fingerprint density at radius 1 is 1.31 bits per heavy atom. The predicted molar refractivity (Wildman–Crippen MR) is 65.5 cm³/mol. The molecule has 0 spiro atoms. The van der Waals surface area contributed by atoms with E-state index in [9.17, 15) is 0 Å². The van der Waals surface area contributed by atoms with Crippen LogP contribution in [0.4, 0.5) is 0 Å². The van der Waals surface area contributed by atoms with Gasteiger partial charge in [0.2, 0.25) is 0 Å². The van der Waals surface area contributed by atoms with Crippen LogP contribution in [0.3, 0.4) is 0 Å². The molecule has 2 nitrogen and oxygen atoms in total. The van der Waals surface area contributed by atoms with Crippen LogP contribution in [0, 0.1) is 24.2 Å². The van der Waals surface area contributed by atoms with Crippen LogP contribution in [0.2, 0.25) is 0 Å². The lowest BCUT2D eigenvalue weighted by Crippen LogP contribution is -2.10. The molecule has 86 valence electrons. The Kier molecular flexibility index (Phi) is 4.85. The van der Waals surface area contributed by atoms with Crippen molar-refractivity contribution in [2.45, 2.75) is 33.6 Å². The van der Waals surface area contributed by atoms with Gasteiger partial charge in [0.15, 0.2) is 0 Å². The molecule has 0 aliphatic rings. The molecule has 1 aromatic carbocycles. The van der Waals surface area contributed by atoms with Crippen LogP contribution >= 0.6 is 0 Å². The monoisotopic (exact) mass is 217 g/mol. The smallest absolute Gasteiger partial charge is 0.123 e. The summed E-state index contributed by atoms with van der Waals surface area (Å²) < 4.78 is 5.77. The summed E-state index contributed by atoms with van der Waals surface area (Å²) in [7, 11) is 0. The second kappa shape index (κ2) is 6.17. The Morgan fingerprint density at radius 2 is 2.00 bits per heavy atom. The molecule has 16 heavy (non-hydrogen) atoms. The van der Waals surface area contributed by atoms with E-state index in [2.05, 4.69) is 19.9 Å². The Morgan fingerprint density at radius 3 is 2.56 bits per heavy atom. The van der Waals surface area contributed by atoms with Crippen LogP contribution in [0.1, 0.15) is 37.8 Å². The summed E-state index contributed by atoms with van der Waals surface area (Å²) in [4.78, 5) is 0. The maximum Gasteiger partial charge on any atom is 0.123 e. The van der Waals surface area contributed by atoms with Crippen molar-refractivity contribution in [1.82, 2.24) is 0 Å². The molecular formula is C14H19NO. The van der Waals surface area contributed by atoms with Crippen LogP contribution in [0.5, 0.6) is 5.75 Å². The Hall–Kier alpha value is -1.49. The van der Waals surface area contributed by atoms with Gasteiger partial charge in [0.1, 0.15) is 5.75 Å². The zero-order chi connectivity index (χ0) is 12.0. The normalized spacial score (nSPS) is 10.2. The summed E-state index contributed by atoms with van der Waals surface area (Å²) in [5, 5.41) is 8.82. The Labute approximate surface area is 97.9 Å². The fraction of sp³-hybridized carbons (Fsp3) is 0.500. The van der Waals surface area contributed by atoms with Crippen molar-refractivity contribution in [3.63, 3.8) is 0 Å². The van der Waals surface area contributed by atoms with Crippen molar-refractivity contribution in [3.8, 4) is 11.8 Å². The molecule has 0 fully saturated rings. The predicted octanol–water partition coefficient (Wildman–Crippen LogP) is 3.68. The van der Waals surface area contributed by atoms with Crippen LogP contribution < -0.4 is 4.74 Å². The minimum absolute atomic E-state index is 0.602. The van der Waals surface area contributed by atoms with Crippen LogP contribution in [-0.2, 0) is 0 Å². The third kappa shape index (κ3) is 3.27. The fourth-order valence-electron chi connectivity index (χ4n) is 1.56.